The molecule has 0 atom stereocenters. The summed E-state index contributed by atoms with van der Waals surface area (Å²) < 4.78 is 2.40. The Bertz CT molecular complexity index is 644. The lowest BCUT2D eigenvalue weighted by molar-refractivity contribution is 0.894. The highest BCUT2D eigenvalue weighted by molar-refractivity contribution is 14.1. The Balaban J connectivity index is 2.19. The van der Waals surface area contributed by atoms with Crippen LogP contribution in [0.15, 0.2) is 56.0 Å². The molecule has 0 bridgehead atoms. The Kier molecular flexibility index (Phi) is 12.6. The van der Waals surface area contributed by atoms with Crippen molar-refractivity contribution in [2.24, 2.45) is 0 Å². The van der Waals surface area contributed by atoms with E-state index in [2.05, 4.69) is 95.4 Å². The first-order valence-electron chi connectivity index (χ1n) is 9.53. The van der Waals surface area contributed by atoms with Gasteiger partial charge in [0.05, 0.1) is 0 Å². The van der Waals surface area contributed by atoms with Crippen LogP contribution < -0.4 is 0 Å². The SMILES string of the molecule is CCCc1cc(Sc2ccc(SCCI)c(CCC)c2)ccc1SCCI. The second-order valence-electron chi connectivity index (χ2n) is 6.22. The van der Waals surface area contributed by atoms with Crippen molar-refractivity contribution >= 4 is 80.5 Å². The molecule has 0 aliphatic heterocycles. The van der Waals surface area contributed by atoms with Crippen LogP contribution in [-0.4, -0.2) is 20.4 Å². The third-order valence-corrected chi connectivity index (χ3v) is 9.76. The minimum absolute atomic E-state index is 1.17. The van der Waals surface area contributed by atoms with Crippen LogP contribution in [0.4, 0.5) is 0 Å². The fourth-order valence-electron chi connectivity index (χ4n) is 2.88. The van der Waals surface area contributed by atoms with E-state index >= 15 is 0 Å². The summed E-state index contributed by atoms with van der Waals surface area (Å²) >= 11 is 10.8. The molecule has 0 spiro atoms. The van der Waals surface area contributed by atoms with E-state index in [1.807, 2.05) is 35.3 Å². The van der Waals surface area contributed by atoms with Crippen molar-refractivity contribution in [2.75, 3.05) is 20.4 Å². The van der Waals surface area contributed by atoms with Crippen molar-refractivity contribution in [3.05, 3.63) is 47.5 Å². The van der Waals surface area contributed by atoms with Gasteiger partial charge in [0.15, 0.2) is 0 Å². The largest absolute Gasteiger partial charge is 0.125 e. The monoisotopic (exact) mass is 642 g/mol. The molecule has 0 fully saturated rings. The topological polar surface area (TPSA) is 0 Å². The van der Waals surface area contributed by atoms with Crippen LogP contribution in [0.5, 0.6) is 0 Å². The van der Waals surface area contributed by atoms with Gasteiger partial charge in [-0.15, -0.1) is 23.5 Å². The zero-order chi connectivity index (χ0) is 19.5. The van der Waals surface area contributed by atoms with E-state index in [1.165, 1.54) is 76.8 Å². The zero-order valence-corrected chi connectivity index (χ0v) is 22.9. The van der Waals surface area contributed by atoms with Gasteiger partial charge >= 0.3 is 0 Å². The molecule has 0 N–H and O–H groups in total. The van der Waals surface area contributed by atoms with Crippen LogP contribution in [0.1, 0.15) is 37.8 Å². The van der Waals surface area contributed by atoms with E-state index in [0.717, 1.165) is 0 Å². The van der Waals surface area contributed by atoms with Crippen LogP contribution in [0.3, 0.4) is 0 Å². The first-order valence-corrected chi connectivity index (χ1v) is 15.4. The number of halogens is 2. The molecule has 0 saturated heterocycles. The van der Waals surface area contributed by atoms with E-state index in [-0.39, 0.29) is 0 Å². The van der Waals surface area contributed by atoms with E-state index in [1.54, 1.807) is 0 Å². The standard InChI is InChI=1S/C22H28I2S3/c1-3-5-17-15-19(7-9-21(17)25-13-11-23)27-20-8-10-22(26-14-12-24)18(16-20)6-4-2/h7-10,15-16H,3-6,11-14H2,1-2H3. The first-order chi connectivity index (χ1) is 13.2. The summed E-state index contributed by atoms with van der Waals surface area (Å²) in [6.45, 7) is 4.55. The Hall–Kier alpha value is 0.950. The summed E-state index contributed by atoms with van der Waals surface area (Å²) in [7, 11) is 0. The van der Waals surface area contributed by atoms with Gasteiger partial charge in [0.25, 0.3) is 0 Å². The highest BCUT2D eigenvalue weighted by Crippen LogP contribution is 2.35. The van der Waals surface area contributed by atoms with Crippen LogP contribution in [0.2, 0.25) is 0 Å². The molecule has 0 heterocycles. The maximum Gasteiger partial charge on any atom is 0.0125 e. The molecule has 2 aromatic rings. The lowest BCUT2D eigenvalue weighted by Gasteiger charge is -2.13. The highest BCUT2D eigenvalue weighted by Gasteiger charge is 2.08. The number of rotatable bonds is 12. The van der Waals surface area contributed by atoms with Crippen molar-refractivity contribution in [3.63, 3.8) is 0 Å². The van der Waals surface area contributed by atoms with Crippen molar-refractivity contribution in [2.45, 2.75) is 59.1 Å². The molecular formula is C22H28I2S3. The van der Waals surface area contributed by atoms with E-state index in [4.69, 9.17) is 0 Å². The van der Waals surface area contributed by atoms with Crippen LogP contribution in [-0.2, 0) is 12.8 Å². The van der Waals surface area contributed by atoms with Crippen molar-refractivity contribution in [1.29, 1.82) is 0 Å². The Morgan fingerprint density at radius 3 is 1.52 bits per heavy atom. The number of thioether (sulfide) groups is 2. The fraction of sp³-hybridized carbons (Fsp3) is 0.455. The molecule has 0 aromatic heterocycles. The first kappa shape index (κ1) is 24.2. The van der Waals surface area contributed by atoms with Gasteiger partial charge in [0.1, 0.15) is 0 Å². The molecule has 2 aromatic carbocycles. The predicted molar refractivity (Wildman–Crippen MR) is 144 cm³/mol. The Labute approximate surface area is 205 Å². The van der Waals surface area contributed by atoms with Gasteiger partial charge < -0.3 is 0 Å². The summed E-state index contributed by atoms with van der Waals surface area (Å²) in [5.41, 5.74) is 3.03. The summed E-state index contributed by atoms with van der Waals surface area (Å²) in [6, 6.07) is 14.1. The molecule has 0 radical (unpaired) electrons. The molecule has 148 valence electrons. The second kappa shape index (κ2) is 14.0. The summed E-state index contributed by atoms with van der Waals surface area (Å²) in [5.74, 6) is 2.39. The van der Waals surface area contributed by atoms with Gasteiger partial charge in [0, 0.05) is 39.9 Å². The van der Waals surface area contributed by atoms with Crippen LogP contribution >= 0.6 is 80.5 Å². The molecule has 27 heavy (non-hydrogen) atoms. The second-order valence-corrected chi connectivity index (χ2v) is 11.8. The molecular weight excluding hydrogens is 614 g/mol. The highest BCUT2D eigenvalue weighted by atomic mass is 127. The molecule has 2 rings (SSSR count). The van der Waals surface area contributed by atoms with E-state index < -0.39 is 0 Å². The average Bonchev–Trinajstić information content (AvgIpc) is 2.67. The van der Waals surface area contributed by atoms with Gasteiger partial charge in [-0.1, -0.05) is 83.6 Å². The van der Waals surface area contributed by atoms with Gasteiger partial charge in [-0.05, 0) is 60.4 Å². The molecule has 0 nitrogen and oxygen atoms in total. The van der Waals surface area contributed by atoms with E-state index in [9.17, 15) is 0 Å². The normalized spacial score (nSPS) is 11.1. The number of aryl methyl sites for hydroxylation is 2. The average molecular weight is 642 g/mol. The number of hydrogen-bond acceptors (Lipinski definition) is 3. The van der Waals surface area contributed by atoms with Crippen LogP contribution in [0.25, 0.3) is 0 Å². The Morgan fingerprint density at radius 2 is 1.15 bits per heavy atom. The van der Waals surface area contributed by atoms with Crippen molar-refractivity contribution in [3.8, 4) is 0 Å². The van der Waals surface area contributed by atoms with Gasteiger partial charge in [0.2, 0.25) is 0 Å². The van der Waals surface area contributed by atoms with E-state index in [0.29, 0.717) is 0 Å². The van der Waals surface area contributed by atoms with Crippen LogP contribution in [0, 0.1) is 0 Å². The number of benzene rings is 2. The third-order valence-electron chi connectivity index (χ3n) is 4.01. The van der Waals surface area contributed by atoms with Crippen molar-refractivity contribution in [1.82, 2.24) is 0 Å². The molecule has 0 aliphatic carbocycles. The zero-order valence-electron chi connectivity index (χ0n) is 16.1. The predicted octanol–water partition coefficient (Wildman–Crippen LogP) is 8.80. The molecule has 5 heteroatoms. The summed E-state index contributed by atoms with van der Waals surface area (Å²) in [4.78, 5) is 5.67. The maximum absolute atomic E-state index is 2.46. The van der Waals surface area contributed by atoms with Gasteiger partial charge in [-0.2, -0.15) is 0 Å². The minimum Gasteiger partial charge on any atom is -0.125 e. The van der Waals surface area contributed by atoms with Gasteiger partial charge in [-0.25, -0.2) is 0 Å². The summed E-state index contributed by atoms with van der Waals surface area (Å²) in [5, 5.41) is 0. The van der Waals surface area contributed by atoms with Gasteiger partial charge in [-0.3, -0.25) is 0 Å². The number of hydrogen-bond donors (Lipinski definition) is 0. The number of alkyl halides is 2. The lowest BCUT2D eigenvalue weighted by atomic mass is 10.1. The van der Waals surface area contributed by atoms with Crippen molar-refractivity contribution < 1.29 is 0 Å². The molecule has 0 amide bonds. The fourth-order valence-corrected chi connectivity index (χ4v) is 6.77. The molecule has 0 aliphatic rings. The Morgan fingerprint density at radius 1 is 0.704 bits per heavy atom. The smallest absolute Gasteiger partial charge is 0.0125 e. The minimum atomic E-state index is 1.17. The molecule has 0 saturated carbocycles. The third kappa shape index (κ3) is 8.30. The molecule has 0 unspecified atom stereocenters. The summed E-state index contributed by atoms with van der Waals surface area (Å²) in [6.07, 6.45) is 4.75. The lowest BCUT2D eigenvalue weighted by Crippen LogP contribution is -1.92. The maximum atomic E-state index is 2.46. The quantitative estimate of drug-likeness (QED) is 0.129.